The maximum atomic E-state index is 10.9. The highest BCUT2D eigenvalue weighted by Gasteiger charge is 2.19. The number of anilines is 1. The largest absolute Gasteiger partial charge is 0.478 e. The van der Waals surface area contributed by atoms with E-state index in [1.807, 2.05) is 18.2 Å². The fourth-order valence-corrected chi connectivity index (χ4v) is 2.98. The van der Waals surface area contributed by atoms with Crippen LogP contribution in [0.5, 0.6) is 0 Å². The first kappa shape index (κ1) is 15.6. The summed E-state index contributed by atoms with van der Waals surface area (Å²) < 4.78 is 5.46. The topological polar surface area (TPSA) is 65.7 Å². The molecule has 2 aromatic rings. The average Bonchev–Trinajstić information content (AvgIpc) is 2.99. The highest BCUT2D eigenvalue weighted by Crippen LogP contribution is 2.21. The lowest BCUT2D eigenvalue weighted by molar-refractivity contribution is 0.0697. The van der Waals surface area contributed by atoms with E-state index in [-0.39, 0.29) is 0 Å². The van der Waals surface area contributed by atoms with Crippen LogP contribution in [0, 0.1) is 6.92 Å². The number of benzene rings is 1. The predicted molar refractivity (Wildman–Crippen MR) is 88.9 cm³/mol. The summed E-state index contributed by atoms with van der Waals surface area (Å²) >= 11 is 0. The Morgan fingerprint density at radius 2 is 1.96 bits per heavy atom. The molecule has 1 aromatic heterocycles. The van der Waals surface area contributed by atoms with Crippen molar-refractivity contribution in [2.24, 2.45) is 0 Å². The van der Waals surface area contributed by atoms with Crippen molar-refractivity contribution < 1.29 is 14.3 Å². The molecule has 5 heteroatoms. The summed E-state index contributed by atoms with van der Waals surface area (Å²) in [6.07, 6.45) is 3.87. The van der Waals surface area contributed by atoms with Gasteiger partial charge >= 0.3 is 5.97 Å². The normalized spacial score (nSPS) is 15.8. The molecule has 2 heterocycles. The van der Waals surface area contributed by atoms with E-state index in [0.29, 0.717) is 11.6 Å². The molecule has 0 atom stereocenters. The summed E-state index contributed by atoms with van der Waals surface area (Å²) in [4.78, 5) is 13.2. The van der Waals surface area contributed by atoms with Crippen LogP contribution in [0.2, 0.25) is 0 Å². The highest BCUT2D eigenvalue weighted by molar-refractivity contribution is 5.88. The number of carboxylic acid groups (broad SMARTS) is 1. The van der Waals surface area contributed by atoms with Crippen LogP contribution in [-0.4, -0.2) is 30.2 Å². The average molecular weight is 314 g/mol. The minimum absolute atomic E-state index is 0.333. The van der Waals surface area contributed by atoms with Crippen molar-refractivity contribution in [3.05, 3.63) is 53.5 Å². The Kier molecular flexibility index (Phi) is 4.67. The lowest BCUT2D eigenvalue weighted by Gasteiger charge is -2.34. The standard InChI is InChI=1S/C18H22N2O3/c1-13-8-11-23-17(13)12-19-15-6-9-20(10-7-15)16-4-2-14(3-5-16)18(21)22/h2-5,8,11,15,19H,6-7,9-10,12H2,1H3,(H,21,22). The summed E-state index contributed by atoms with van der Waals surface area (Å²) in [7, 11) is 0. The van der Waals surface area contributed by atoms with E-state index in [1.54, 1.807) is 18.4 Å². The van der Waals surface area contributed by atoms with Crippen LogP contribution in [0.3, 0.4) is 0 Å². The number of furan rings is 1. The molecular weight excluding hydrogens is 292 g/mol. The number of nitrogens with zero attached hydrogens (tertiary/aromatic N) is 1. The van der Waals surface area contributed by atoms with Gasteiger partial charge in [0.15, 0.2) is 0 Å². The van der Waals surface area contributed by atoms with Gasteiger partial charge in [0, 0.05) is 24.8 Å². The van der Waals surface area contributed by atoms with Crippen LogP contribution in [0.1, 0.15) is 34.5 Å². The van der Waals surface area contributed by atoms with Gasteiger partial charge in [-0.3, -0.25) is 0 Å². The van der Waals surface area contributed by atoms with Gasteiger partial charge in [-0.25, -0.2) is 4.79 Å². The van der Waals surface area contributed by atoms with E-state index in [9.17, 15) is 4.79 Å². The molecule has 0 radical (unpaired) electrons. The molecule has 5 nitrogen and oxygen atoms in total. The van der Waals surface area contributed by atoms with Gasteiger partial charge in [-0.1, -0.05) is 0 Å². The molecular formula is C18H22N2O3. The fourth-order valence-electron chi connectivity index (χ4n) is 2.98. The van der Waals surface area contributed by atoms with Crippen molar-refractivity contribution in [1.29, 1.82) is 0 Å². The third-order valence-corrected chi connectivity index (χ3v) is 4.49. The summed E-state index contributed by atoms with van der Waals surface area (Å²) in [5, 5.41) is 12.5. The molecule has 2 N–H and O–H groups in total. The SMILES string of the molecule is Cc1ccoc1CNC1CCN(c2ccc(C(=O)O)cc2)CC1. The number of rotatable bonds is 5. The molecule has 0 aliphatic carbocycles. The number of aromatic carboxylic acids is 1. The number of piperidine rings is 1. The second kappa shape index (κ2) is 6.87. The Bertz CT molecular complexity index is 655. The fraction of sp³-hybridized carbons (Fsp3) is 0.389. The molecule has 1 aliphatic heterocycles. The Balaban J connectivity index is 1.50. The van der Waals surface area contributed by atoms with Gasteiger partial charge in [0.05, 0.1) is 18.4 Å². The Hall–Kier alpha value is -2.27. The van der Waals surface area contributed by atoms with E-state index in [2.05, 4.69) is 17.1 Å². The van der Waals surface area contributed by atoms with E-state index in [4.69, 9.17) is 9.52 Å². The van der Waals surface area contributed by atoms with Crippen LogP contribution < -0.4 is 10.2 Å². The smallest absolute Gasteiger partial charge is 0.335 e. The molecule has 23 heavy (non-hydrogen) atoms. The summed E-state index contributed by atoms with van der Waals surface area (Å²) in [6, 6.07) is 9.60. The summed E-state index contributed by atoms with van der Waals surface area (Å²) in [5.41, 5.74) is 2.61. The first-order valence-corrected chi connectivity index (χ1v) is 7.98. The number of carbonyl (C=O) groups is 1. The Labute approximate surface area is 135 Å². The molecule has 1 fully saturated rings. The molecule has 0 bridgehead atoms. The molecule has 122 valence electrons. The Morgan fingerprint density at radius 1 is 1.26 bits per heavy atom. The van der Waals surface area contributed by atoms with Crippen molar-refractivity contribution in [2.45, 2.75) is 32.4 Å². The third-order valence-electron chi connectivity index (χ3n) is 4.49. The van der Waals surface area contributed by atoms with Gasteiger partial charge in [0.25, 0.3) is 0 Å². The number of hydrogen-bond donors (Lipinski definition) is 2. The minimum Gasteiger partial charge on any atom is -0.478 e. The van der Waals surface area contributed by atoms with Gasteiger partial charge in [-0.05, 0) is 55.7 Å². The summed E-state index contributed by atoms with van der Waals surface area (Å²) in [6.45, 7) is 4.78. The van der Waals surface area contributed by atoms with Crippen molar-refractivity contribution in [3.63, 3.8) is 0 Å². The number of hydrogen-bond acceptors (Lipinski definition) is 4. The van der Waals surface area contributed by atoms with Crippen LogP contribution in [0.15, 0.2) is 41.0 Å². The molecule has 0 unspecified atom stereocenters. The molecule has 1 saturated heterocycles. The Morgan fingerprint density at radius 3 is 2.52 bits per heavy atom. The molecule has 3 rings (SSSR count). The first-order valence-electron chi connectivity index (χ1n) is 7.98. The lowest BCUT2D eigenvalue weighted by atomic mass is 10.0. The summed E-state index contributed by atoms with van der Waals surface area (Å²) in [5.74, 6) is 0.129. The van der Waals surface area contributed by atoms with E-state index in [0.717, 1.165) is 43.9 Å². The van der Waals surface area contributed by atoms with Crippen molar-refractivity contribution in [1.82, 2.24) is 5.32 Å². The van der Waals surface area contributed by atoms with Gasteiger partial charge in [-0.15, -0.1) is 0 Å². The molecule has 0 saturated carbocycles. The van der Waals surface area contributed by atoms with Gasteiger partial charge in [0.2, 0.25) is 0 Å². The van der Waals surface area contributed by atoms with E-state index >= 15 is 0 Å². The zero-order chi connectivity index (χ0) is 16.2. The first-order chi connectivity index (χ1) is 11.1. The van der Waals surface area contributed by atoms with Crippen LogP contribution in [-0.2, 0) is 6.54 Å². The number of aryl methyl sites for hydroxylation is 1. The zero-order valence-electron chi connectivity index (χ0n) is 13.3. The molecule has 0 spiro atoms. The van der Waals surface area contributed by atoms with Crippen LogP contribution in [0.4, 0.5) is 5.69 Å². The van der Waals surface area contributed by atoms with Crippen LogP contribution >= 0.6 is 0 Å². The van der Waals surface area contributed by atoms with E-state index in [1.165, 1.54) is 5.56 Å². The van der Waals surface area contributed by atoms with Crippen LogP contribution in [0.25, 0.3) is 0 Å². The van der Waals surface area contributed by atoms with Crippen molar-refractivity contribution in [3.8, 4) is 0 Å². The number of nitrogens with one attached hydrogen (secondary N) is 1. The molecule has 0 amide bonds. The second-order valence-corrected chi connectivity index (χ2v) is 6.02. The molecule has 1 aromatic carbocycles. The predicted octanol–water partition coefficient (Wildman–Crippen LogP) is 3.04. The van der Waals surface area contributed by atoms with E-state index < -0.39 is 5.97 Å². The third kappa shape index (κ3) is 3.74. The van der Waals surface area contributed by atoms with Gasteiger partial charge < -0.3 is 19.7 Å². The van der Waals surface area contributed by atoms with Gasteiger partial charge in [0.1, 0.15) is 5.76 Å². The molecule has 1 aliphatic rings. The second-order valence-electron chi connectivity index (χ2n) is 6.02. The van der Waals surface area contributed by atoms with Crippen molar-refractivity contribution >= 4 is 11.7 Å². The van der Waals surface area contributed by atoms with Gasteiger partial charge in [-0.2, -0.15) is 0 Å². The lowest BCUT2D eigenvalue weighted by Crippen LogP contribution is -2.42. The number of carboxylic acids is 1. The monoisotopic (exact) mass is 314 g/mol. The highest BCUT2D eigenvalue weighted by atomic mass is 16.4. The van der Waals surface area contributed by atoms with Crippen molar-refractivity contribution in [2.75, 3.05) is 18.0 Å². The maximum absolute atomic E-state index is 10.9. The minimum atomic E-state index is -0.882. The zero-order valence-corrected chi connectivity index (χ0v) is 13.3. The quantitative estimate of drug-likeness (QED) is 0.888. The maximum Gasteiger partial charge on any atom is 0.335 e.